The van der Waals surface area contributed by atoms with Gasteiger partial charge in [-0.1, -0.05) is 84.9 Å². The van der Waals surface area contributed by atoms with Crippen LogP contribution in [0.1, 0.15) is 115 Å². The number of fused-ring (bicyclic) bond motifs is 2. The number of carbonyl (C=O) groups is 4. The quantitative estimate of drug-likeness (QED) is 0.105. The summed E-state index contributed by atoms with van der Waals surface area (Å²) in [5, 5.41) is 5.54. The molecule has 4 N–H and O–H groups in total. The number of H-pyrrole nitrogens is 2. The van der Waals surface area contributed by atoms with Gasteiger partial charge in [0.1, 0.15) is 23.7 Å². The maximum Gasteiger partial charge on any atom is 0.407 e. The van der Waals surface area contributed by atoms with Gasteiger partial charge in [-0.2, -0.15) is 0 Å². The number of aromatic amines is 2. The monoisotopic (exact) mass is 836 g/mol. The number of ether oxygens (including phenoxy) is 2. The molecule has 3 saturated carbocycles. The lowest BCUT2D eigenvalue weighted by Crippen LogP contribution is -2.44. The smallest absolute Gasteiger partial charge is 0.407 e. The molecule has 10 rings (SSSR count). The Morgan fingerprint density at radius 3 is 1.94 bits per heavy atom. The number of rotatable bonds is 11. The van der Waals surface area contributed by atoms with Gasteiger partial charge >= 0.3 is 12.2 Å². The van der Waals surface area contributed by atoms with Gasteiger partial charge in [0.15, 0.2) is 0 Å². The van der Waals surface area contributed by atoms with Crippen molar-refractivity contribution in [2.75, 3.05) is 20.8 Å². The van der Waals surface area contributed by atoms with Crippen LogP contribution >= 0.6 is 0 Å². The maximum absolute atomic E-state index is 14.2. The molecule has 0 bridgehead atoms. The summed E-state index contributed by atoms with van der Waals surface area (Å²) in [5.74, 6) is 3.35. The molecule has 5 aliphatic rings. The fraction of sp³-hybridized carbons (Fsp3) is 0.417. The molecule has 14 nitrogen and oxygen atoms in total. The van der Waals surface area contributed by atoms with E-state index in [1.54, 1.807) is 0 Å². The molecule has 14 heteroatoms. The summed E-state index contributed by atoms with van der Waals surface area (Å²) >= 11 is 0. The van der Waals surface area contributed by atoms with Crippen LogP contribution in [-0.2, 0) is 19.1 Å². The number of piperidine rings is 2. The molecule has 0 radical (unpaired) electrons. The van der Waals surface area contributed by atoms with E-state index in [9.17, 15) is 19.2 Å². The molecule has 3 aliphatic carbocycles. The lowest BCUT2D eigenvalue weighted by Gasteiger charge is -2.31. The molecule has 62 heavy (non-hydrogen) atoms. The van der Waals surface area contributed by atoms with Gasteiger partial charge in [-0.25, -0.2) is 19.6 Å². The van der Waals surface area contributed by atoms with Gasteiger partial charge in [0.2, 0.25) is 0 Å². The summed E-state index contributed by atoms with van der Waals surface area (Å²) in [6.07, 6.45) is 9.60. The van der Waals surface area contributed by atoms with Gasteiger partial charge in [0.05, 0.1) is 38.2 Å². The molecule has 5 fully saturated rings. The van der Waals surface area contributed by atoms with Gasteiger partial charge in [-0.15, -0.1) is 0 Å². The van der Waals surface area contributed by atoms with Crippen LogP contribution in [0.25, 0.3) is 11.4 Å². The lowest BCUT2D eigenvalue weighted by atomic mass is 9.77. The Hall–Kier alpha value is -6.44. The van der Waals surface area contributed by atoms with Crippen molar-refractivity contribution in [3.63, 3.8) is 0 Å². The van der Waals surface area contributed by atoms with Gasteiger partial charge < -0.3 is 39.9 Å². The number of carbonyl (C=O) groups excluding carboxylic acids is 4. The molecule has 5 aromatic rings. The number of nitrogens with zero attached hydrogens (tertiary/aromatic N) is 4. The molecular formula is C48H52N8O6. The van der Waals surface area contributed by atoms with E-state index in [1.807, 2.05) is 82.9 Å². The number of amides is 4. The maximum atomic E-state index is 14.2. The number of imidazole rings is 2. The fourth-order valence-corrected chi connectivity index (χ4v) is 10.6. The second-order valence-corrected chi connectivity index (χ2v) is 17.7. The third kappa shape index (κ3) is 7.60. The molecule has 0 spiro atoms. The van der Waals surface area contributed by atoms with Crippen LogP contribution in [0.3, 0.4) is 0 Å². The minimum absolute atomic E-state index is 0.143. The number of benzene rings is 3. The largest absolute Gasteiger partial charge is 0.453 e. The summed E-state index contributed by atoms with van der Waals surface area (Å²) in [6.45, 7) is 0.648. The van der Waals surface area contributed by atoms with Crippen molar-refractivity contribution >= 4 is 24.0 Å². The van der Waals surface area contributed by atoms with Crippen LogP contribution in [-0.4, -0.2) is 80.5 Å². The van der Waals surface area contributed by atoms with Crippen LogP contribution < -0.4 is 10.6 Å². The molecule has 0 unspecified atom stereocenters. The lowest BCUT2D eigenvalue weighted by molar-refractivity contribution is -0.136. The van der Waals surface area contributed by atoms with Crippen LogP contribution in [0.4, 0.5) is 9.59 Å². The van der Waals surface area contributed by atoms with Crippen molar-refractivity contribution < 1.29 is 28.7 Å². The molecule has 2 aliphatic heterocycles. The van der Waals surface area contributed by atoms with Crippen LogP contribution in [0, 0.1) is 17.8 Å². The molecule has 8 atom stereocenters. The van der Waals surface area contributed by atoms with E-state index in [-0.39, 0.29) is 29.9 Å². The number of likely N-dealkylation sites (tertiary alicyclic amines) is 2. The number of aromatic nitrogens is 4. The van der Waals surface area contributed by atoms with E-state index in [1.165, 1.54) is 19.8 Å². The molecular weight excluding hydrogens is 785 g/mol. The van der Waals surface area contributed by atoms with Gasteiger partial charge in [-0.3, -0.25) is 9.59 Å². The normalized spacial score (nSPS) is 26.7. The summed E-state index contributed by atoms with van der Waals surface area (Å²) < 4.78 is 9.76. The van der Waals surface area contributed by atoms with Gasteiger partial charge in [-0.05, 0) is 85.3 Å². The first-order chi connectivity index (χ1) is 30.3. The highest BCUT2D eigenvalue weighted by molar-refractivity contribution is 5.89. The first-order valence-corrected chi connectivity index (χ1v) is 21.9. The topological polar surface area (TPSA) is 175 Å². The third-order valence-electron chi connectivity index (χ3n) is 14.1. The highest BCUT2D eigenvalue weighted by Gasteiger charge is 2.57. The second kappa shape index (κ2) is 16.4. The summed E-state index contributed by atoms with van der Waals surface area (Å²) in [5.41, 5.74) is 5.75. The van der Waals surface area contributed by atoms with Crippen LogP contribution in [0.15, 0.2) is 97.3 Å². The van der Waals surface area contributed by atoms with Crippen LogP contribution in [0.5, 0.6) is 0 Å². The number of hydrogen-bond donors (Lipinski definition) is 4. The van der Waals surface area contributed by atoms with E-state index < -0.39 is 24.3 Å². The molecule has 2 saturated heterocycles. The summed E-state index contributed by atoms with van der Waals surface area (Å²) in [6, 6.07) is 25.5. The molecule has 320 valence electrons. The zero-order valence-corrected chi connectivity index (χ0v) is 34.9. The summed E-state index contributed by atoms with van der Waals surface area (Å²) in [7, 11) is 2.60. The zero-order chi connectivity index (χ0) is 42.5. The Bertz CT molecular complexity index is 2430. The van der Waals surface area contributed by atoms with Crippen molar-refractivity contribution in [3.8, 4) is 11.4 Å². The minimum Gasteiger partial charge on any atom is -0.453 e. The van der Waals surface area contributed by atoms with E-state index >= 15 is 0 Å². The van der Waals surface area contributed by atoms with Crippen LogP contribution in [0.2, 0.25) is 0 Å². The summed E-state index contributed by atoms with van der Waals surface area (Å²) in [4.78, 5) is 73.6. The Morgan fingerprint density at radius 1 is 0.677 bits per heavy atom. The predicted octanol–water partition coefficient (Wildman–Crippen LogP) is 7.62. The van der Waals surface area contributed by atoms with Crippen molar-refractivity contribution in [2.45, 2.75) is 87.0 Å². The Morgan fingerprint density at radius 2 is 1.29 bits per heavy atom. The average Bonchev–Trinajstić information content (AvgIpc) is 3.90. The van der Waals surface area contributed by atoms with Gasteiger partial charge in [0.25, 0.3) is 11.8 Å². The predicted molar refractivity (Wildman–Crippen MR) is 228 cm³/mol. The number of nitrogens with one attached hydrogen (secondary N) is 4. The van der Waals surface area contributed by atoms with Crippen molar-refractivity contribution in [1.82, 2.24) is 40.4 Å². The minimum atomic E-state index is -0.851. The van der Waals surface area contributed by atoms with Crippen molar-refractivity contribution in [2.24, 2.45) is 17.8 Å². The van der Waals surface area contributed by atoms with E-state index in [4.69, 9.17) is 19.4 Å². The molecule has 2 aromatic heterocycles. The third-order valence-corrected chi connectivity index (χ3v) is 14.1. The Balaban J connectivity index is 0.775. The van der Waals surface area contributed by atoms with E-state index in [0.717, 1.165) is 73.5 Å². The SMILES string of the molecule is COC(=O)N[C@@H](C(=O)N1C[C@H]2C[C@H]2[C@@H]1c1ncc(C2CCC(c3ccc(-c4ncc([C@H]5C[C@@H]6C[C@@H]6N5C(=O)[C@H](NC(=O)OC)c5ccccc5)[nH]4)cc3)CC2)[nH]1)c1ccccc1. The second-order valence-electron chi connectivity index (χ2n) is 17.7. The number of hydrogen-bond acceptors (Lipinski definition) is 8. The molecule has 4 amide bonds. The molecule has 4 heterocycles. The van der Waals surface area contributed by atoms with Crippen molar-refractivity contribution in [1.29, 1.82) is 0 Å². The van der Waals surface area contributed by atoms with Gasteiger partial charge in [0, 0.05) is 36.0 Å². The Kier molecular flexibility index (Phi) is 10.5. The first-order valence-electron chi connectivity index (χ1n) is 21.9. The standard InChI is InChI=1S/C48H52N8O6/c1-61-47(59)53-40(30-9-5-3-6-10-30)45(57)55-26-34-21-35(34)42(55)44-50-24-36(51-44)29-17-13-27(14-18-29)28-15-19-32(20-16-28)43-49-25-37(52-43)39-23-33-22-38(33)56(39)46(58)41(54-48(60)62-2)31-11-7-4-8-12-31/h3-12,15-16,19-20,24-25,27,29,33-35,38-42H,13-14,17-18,21-23,26H2,1-2H3,(H,49,52)(H,50,51)(H,53,59)(H,54,60)/t27?,29?,33-,34+,35+,38-,39+,40+,41+,42+/m0/s1. The fourth-order valence-electron chi connectivity index (χ4n) is 10.6. The Labute approximate surface area is 360 Å². The first kappa shape index (κ1) is 39.7. The van der Waals surface area contributed by atoms with E-state index in [2.05, 4.69) is 44.9 Å². The zero-order valence-electron chi connectivity index (χ0n) is 34.9. The van der Waals surface area contributed by atoms with E-state index in [0.29, 0.717) is 47.3 Å². The number of methoxy groups -OCH3 is 2. The van der Waals surface area contributed by atoms with Crippen molar-refractivity contribution in [3.05, 3.63) is 131 Å². The highest BCUT2D eigenvalue weighted by Crippen LogP contribution is 2.57. The number of alkyl carbamates (subject to hydrolysis) is 2. The highest BCUT2D eigenvalue weighted by atomic mass is 16.5. The average molecular weight is 837 g/mol. The molecule has 3 aromatic carbocycles.